The highest BCUT2D eigenvalue weighted by Crippen LogP contribution is 2.20. The molecular weight excluding hydrogens is 404 g/mol. The molecule has 7 nitrogen and oxygen atoms in total. The number of unbranched alkanes of at least 4 members (excludes halogenated alkanes) is 5. The molecule has 0 unspecified atom stereocenters. The molecule has 30 heavy (non-hydrogen) atoms. The van der Waals surface area contributed by atoms with Crippen molar-refractivity contribution in [3.63, 3.8) is 0 Å². The molecule has 0 heterocycles. The maximum absolute atomic E-state index is 12.1. The first-order valence-electron chi connectivity index (χ1n) is 10.2. The molecule has 0 aliphatic carbocycles. The number of ether oxygens (including phenoxy) is 2. The van der Waals surface area contributed by atoms with Crippen LogP contribution >= 0.6 is 0 Å². The maximum atomic E-state index is 12.1. The number of rotatable bonds is 13. The number of primary sulfonamides is 1. The Hall–Kier alpha value is -2.58. The van der Waals surface area contributed by atoms with Crippen LogP contribution in [0.2, 0.25) is 0 Å². The third-order valence-electron chi connectivity index (χ3n) is 4.41. The van der Waals surface area contributed by atoms with Gasteiger partial charge in [0.15, 0.2) is 6.61 Å². The van der Waals surface area contributed by atoms with Gasteiger partial charge in [0.25, 0.3) is 5.91 Å². The number of carbonyl (C=O) groups is 1. The number of carbonyl (C=O) groups excluding carboxylic acids is 1. The van der Waals surface area contributed by atoms with Crippen LogP contribution in [0.4, 0.5) is 5.69 Å². The van der Waals surface area contributed by atoms with Gasteiger partial charge in [-0.2, -0.15) is 0 Å². The number of amides is 1. The van der Waals surface area contributed by atoms with E-state index in [1.54, 1.807) is 12.1 Å². The van der Waals surface area contributed by atoms with Crippen molar-refractivity contribution in [1.29, 1.82) is 0 Å². The smallest absolute Gasteiger partial charge is 0.262 e. The molecule has 0 bridgehead atoms. The van der Waals surface area contributed by atoms with Gasteiger partial charge in [0, 0.05) is 11.8 Å². The number of hydrogen-bond donors (Lipinski definition) is 2. The fourth-order valence-electron chi connectivity index (χ4n) is 2.80. The second kappa shape index (κ2) is 12.2. The minimum atomic E-state index is -3.76. The van der Waals surface area contributed by atoms with E-state index in [-0.39, 0.29) is 17.4 Å². The standard InChI is InChI=1S/C22H30N2O5S/c1-2-3-4-5-6-7-15-28-19-9-8-10-20(16-19)29-17-22(25)24-18-11-13-21(14-12-18)30(23,26)27/h8-14,16H,2-7,15,17H2,1H3,(H,24,25)(H2,23,26,27). The Labute approximate surface area is 178 Å². The number of sulfonamides is 1. The van der Waals surface area contributed by atoms with Crippen LogP contribution in [0.1, 0.15) is 45.4 Å². The van der Waals surface area contributed by atoms with Gasteiger partial charge in [-0.25, -0.2) is 13.6 Å². The summed E-state index contributed by atoms with van der Waals surface area (Å²) in [5, 5.41) is 7.69. The summed E-state index contributed by atoms with van der Waals surface area (Å²) in [7, 11) is -3.76. The predicted molar refractivity (Wildman–Crippen MR) is 117 cm³/mol. The molecular formula is C22H30N2O5S. The predicted octanol–water partition coefficient (Wildman–Crippen LogP) is 4.09. The van der Waals surface area contributed by atoms with E-state index in [1.807, 2.05) is 12.1 Å². The molecule has 2 aromatic rings. The molecule has 0 spiro atoms. The summed E-state index contributed by atoms with van der Waals surface area (Å²) in [5.41, 5.74) is 0.451. The lowest BCUT2D eigenvalue weighted by atomic mass is 10.1. The SMILES string of the molecule is CCCCCCCCOc1cccc(OCC(=O)Nc2ccc(S(N)(=O)=O)cc2)c1. The van der Waals surface area contributed by atoms with Crippen molar-refractivity contribution >= 4 is 21.6 Å². The zero-order chi connectivity index (χ0) is 21.8. The topological polar surface area (TPSA) is 108 Å². The lowest BCUT2D eigenvalue weighted by Crippen LogP contribution is -2.20. The second-order valence-electron chi connectivity index (χ2n) is 7.00. The van der Waals surface area contributed by atoms with Gasteiger partial charge < -0.3 is 14.8 Å². The molecule has 0 saturated heterocycles. The largest absolute Gasteiger partial charge is 0.493 e. The van der Waals surface area contributed by atoms with Crippen LogP contribution in [0.5, 0.6) is 11.5 Å². The number of nitrogens with two attached hydrogens (primary N) is 1. The van der Waals surface area contributed by atoms with Crippen LogP contribution in [-0.4, -0.2) is 27.5 Å². The summed E-state index contributed by atoms with van der Waals surface area (Å²) >= 11 is 0. The quantitative estimate of drug-likeness (QED) is 0.462. The molecule has 0 aromatic heterocycles. The normalized spacial score (nSPS) is 11.1. The first kappa shape index (κ1) is 23.7. The average Bonchev–Trinajstić information content (AvgIpc) is 2.72. The molecule has 0 fully saturated rings. The molecule has 0 aliphatic rings. The van der Waals surface area contributed by atoms with Crippen molar-refractivity contribution in [1.82, 2.24) is 0 Å². The Morgan fingerprint density at radius 1 is 0.933 bits per heavy atom. The van der Waals surface area contributed by atoms with Gasteiger partial charge in [-0.15, -0.1) is 0 Å². The van der Waals surface area contributed by atoms with Gasteiger partial charge in [0.2, 0.25) is 10.0 Å². The number of nitrogens with one attached hydrogen (secondary N) is 1. The lowest BCUT2D eigenvalue weighted by Gasteiger charge is -2.10. The van der Waals surface area contributed by atoms with E-state index >= 15 is 0 Å². The number of anilines is 1. The van der Waals surface area contributed by atoms with Gasteiger partial charge in [-0.05, 0) is 42.8 Å². The fourth-order valence-corrected chi connectivity index (χ4v) is 3.32. The lowest BCUT2D eigenvalue weighted by molar-refractivity contribution is -0.118. The zero-order valence-electron chi connectivity index (χ0n) is 17.3. The zero-order valence-corrected chi connectivity index (χ0v) is 18.1. The highest BCUT2D eigenvalue weighted by molar-refractivity contribution is 7.89. The van der Waals surface area contributed by atoms with E-state index in [1.165, 1.54) is 49.9 Å². The Bertz CT molecular complexity index is 898. The van der Waals surface area contributed by atoms with E-state index in [0.717, 1.165) is 12.8 Å². The Morgan fingerprint density at radius 3 is 2.23 bits per heavy atom. The van der Waals surface area contributed by atoms with E-state index in [2.05, 4.69) is 12.2 Å². The van der Waals surface area contributed by atoms with Crippen LogP contribution < -0.4 is 19.9 Å². The second-order valence-corrected chi connectivity index (χ2v) is 8.56. The highest BCUT2D eigenvalue weighted by atomic mass is 32.2. The first-order valence-corrected chi connectivity index (χ1v) is 11.7. The van der Waals surface area contributed by atoms with Crippen LogP contribution in [0.3, 0.4) is 0 Å². The minimum absolute atomic E-state index is 0.0190. The Morgan fingerprint density at radius 2 is 1.57 bits per heavy atom. The van der Waals surface area contributed by atoms with Gasteiger partial charge >= 0.3 is 0 Å². The highest BCUT2D eigenvalue weighted by Gasteiger charge is 2.09. The summed E-state index contributed by atoms with van der Waals surface area (Å²) in [5.74, 6) is 0.881. The molecule has 2 aromatic carbocycles. The van der Waals surface area contributed by atoms with Crippen LogP contribution in [0.15, 0.2) is 53.4 Å². The van der Waals surface area contributed by atoms with Crippen molar-refractivity contribution in [2.75, 3.05) is 18.5 Å². The molecule has 2 rings (SSSR count). The van der Waals surface area contributed by atoms with Crippen molar-refractivity contribution in [2.24, 2.45) is 5.14 Å². The van der Waals surface area contributed by atoms with E-state index in [0.29, 0.717) is 23.8 Å². The van der Waals surface area contributed by atoms with Crippen molar-refractivity contribution < 1.29 is 22.7 Å². The molecule has 0 saturated carbocycles. The summed E-state index contributed by atoms with van der Waals surface area (Å²) in [6.07, 6.45) is 7.22. The monoisotopic (exact) mass is 434 g/mol. The Kier molecular flexibility index (Phi) is 9.63. The molecule has 8 heteroatoms. The summed E-state index contributed by atoms with van der Waals surface area (Å²) in [6, 6.07) is 12.8. The molecule has 0 radical (unpaired) electrons. The van der Waals surface area contributed by atoms with E-state index in [9.17, 15) is 13.2 Å². The molecule has 1 amide bonds. The van der Waals surface area contributed by atoms with Crippen LogP contribution in [0.25, 0.3) is 0 Å². The third-order valence-corrected chi connectivity index (χ3v) is 5.34. The van der Waals surface area contributed by atoms with Crippen LogP contribution in [0, 0.1) is 0 Å². The molecule has 3 N–H and O–H groups in total. The first-order chi connectivity index (χ1) is 14.4. The van der Waals surface area contributed by atoms with Crippen molar-refractivity contribution in [2.45, 2.75) is 50.3 Å². The van der Waals surface area contributed by atoms with Crippen LogP contribution in [-0.2, 0) is 14.8 Å². The minimum Gasteiger partial charge on any atom is -0.493 e. The van der Waals surface area contributed by atoms with E-state index < -0.39 is 10.0 Å². The maximum Gasteiger partial charge on any atom is 0.262 e. The summed E-state index contributed by atoms with van der Waals surface area (Å²) < 4.78 is 33.8. The van der Waals surface area contributed by atoms with Gasteiger partial charge in [0.05, 0.1) is 11.5 Å². The van der Waals surface area contributed by atoms with Gasteiger partial charge in [0.1, 0.15) is 11.5 Å². The fraction of sp³-hybridized carbons (Fsp3) is 0.409. The van der Waals surface area contributed by atoms with Gasteiger partial charge in [-0.1, -0.05) is 45.1 Å². The average molecular weight is 435 g/mol. The molecule has 0 aliphatic heterocycles. The van der Waals surface area contributed by atoms with Crippen molar-refractivity contribution in [3.05, 3.63) is 48.5 Å². The number of benzene rings is 2. The number of hydrogen-bond acceptors (Lipinski definition) is 5. The van der Waals surface area contributed by atoms with Gasteiger partial charge in [-0.3, -0.25) is 4.79 Å². The molecule has 164 valence electrons. The van der Waals surface area contributed by atoms with E-state index in [4.69, 9.17) is 14.6 Å². The summed E-state index contributed by atoms with van der Waals surface area (Å²) in [6.45, 7) is 2.68. The Balaban J connectivity index is 1.73. The van der Waals surface area contributed by atoms with Crippen molar-refractivity contribution in [3.8, 4) is 11.5 Å². The molecule has 0 atom stereocenters. The third kappa shape index (κ3) is 8.84. The summed E-state index contributed by atoms with van der Waals surface area (Å²) in [4.78, 5) is 12.0.